The van der Waals surface area contributed by atoms with E-state index in [1.165, 1.54) is 33.0 Å². The highest BCUT2D eigenvalue weighted by molar-refractivity contribution is 6.01. The van der Waals surface area contributed by atoms with Crippen molar-refractivity contribution in [2.75, 3.05) is 5.32 Å². The van der Waals surface area contributed by atoms with Gasteiger partial charge in [0.15, 0.2) is 0 Å². The van der Waals surface area contributed by atoms with E-state index in [1.54, 1.807) is 0 Å². The number of rotatable bonds is 2. The summed E-state index contributed by atoms with van der Waals surface area (Å²) in [6, 6.07) is 32.1. The van der Waals surface area contributed by atoms with Gasteiger partial charge in [-0.15, -0.1) is 0 Å². The van der Waals surface area contributed by atoms with Crippen LogP contribution in [0, 0.1) is 0 Å². The Hall–Kier alpha value is -3.39. The zero-order chi connectivity index (χ0) is 17.3. The van der Waals surface area contributed by atoms with Crippen LogP contribution in [0.15, 0.2) is 96.0 Å². The van der Waals surface area contributed by atoms with Crippen molar-refractivity contribution in [2.45, 2.75) is 6.04 Å². The van der Waals surface area contributed by atoms with Crippen molar-refractivity contribution >= 4 is 22.8 Å². The van der Waals surface area contributed by atoms with Crippen LogP contribution in [0.25, 0.3) is 21.9 Å². The molecule has 0 aromatic heterocycles. The first kappa shape index (κ1) is 14.9. The summed E-state index contributed by atoms with van der Waals surface area (Å²) >= 11 is 0. The highest BCUT2D eigenvalue weighted by Crippen LogP contribution is 2.39. The van der Waals surface area contributed by atoms with E-state index >= 15 is 0 Å². The Morgan fingerprint density at radius 3 is 2.42 bits per heavy atom. The monoisotopic (exact) mass is 334 g/mol. The maximum atomic E-state index is 4.75. The highest BCUT2D eigenvalue weighted by Gasteiger charge is 2.21. The van der Waals surface area contributed by atoms with Gasteiger partial charge < -0.3 is 5.32 Å². The molecular formula is C24H18N2. The summed E-state index contributed by atoms with van der Waals surface area (Å²) in [5.74, 6) is 0. The molecule has 0 fully saturated rings. The van der Waals surface area contributed by atoms with Crippen molar-refractivity contribution < 1.29 is 0 Å². The van der Waals surface area contributed by atoms with Crippen molar-refractivity contribution in [1.29, 1.82) is 0 Å². The lowest BCUT2D eigenvalue weighted by atomic mass is 9.92. The number of nitrogens with zero attached hydrogens (tertiary/aromatic N) is 1. The van der Waals surface area contributed by atoms with E-state index in [-0.39, 0.29) is 6.04 Å². The molecule has 0 spiro atoms. The minimum Gasteiger partial charge on any atom is -0.346 e. The minimum atomic E-state index is 0.0134. The van der Waals surface area contributed by atoms with Crippen molar-refractivity contribution in [3.8, 4) is 11.1 Å². The summed E-state index contributed by atoms with van der Waals surface area (Å²) in [6.45, 7) is 0. The smallest absolute Gasteiger partial charge is 0.104 e. The quantitative estimate of drug-likeness (QED) is 0.474. The number of anilines is 1. The predicted octanol–water partition coefficient (Wildman–Crippen LogP) is 6.05. The van der Waals surface area contributed by atoms with E-state index in [9.17, 15) is 0 Å². The number of fused-ring (bicyclic) bond motifs is 3. The largest absolute Gasteiger partial charge is 0.346 e. The lowest BCUT2D eigenvalue weighted by Gasteiger charge is -2.23. The molecule has 0 radical (unpaired) electrons. The molecule has 26 heavy (non-hydrogen) atoms. The summed E-state index contributed by atoms with van der Waals surface area (Å²) in [5.41, 5.74) is 6.04. The van der Waals surface area contributed by atoms with Gasteiger partial charge in [-0.25, -0.2) is 0 Å². The molecule has 0 aliphatic carbocycles. The van der Waals surface area contributed by atoms with Crippen molar-refractivity contribution in [3.63, 3.8) is 0 Å². The fourth-order valence-electron chi connectivity index (χ4n) is 3.72. The molecule has 1 unspecified atom stereocenters. The molecule has 1 heterocycles. The van der Waals surface area contributed by atoms with Gasteiger partial charge in [-0.1, -0.05) is 84.9 Å². The highest BCUT2D eigenvalue weighted by atomic mass is 15.0. The Morgan fingerprint density at radius 2 is 1.50 bits per heavy atom. The molecular weight excluding hydrogens is 316 g/mol. The van der Waals surface area contributed by atoms with Crippen LogP contribution in [-0.4, -0.2) is 6.34 Å². The van der Waals surface area contributed by atoms with Crippen LogP contribution in [0.2, 0.25) is 0 Å². The van der Waals surface area contributed by atoms with Gasteiger partial charge in [0.25, 0.3) is 0 Å². The van der Waals surface area contributed by atoms with Gasteiger partial charge >= 0.3 is 0 Å². The summed E-state index contributed by atoms with van der Waals surface area (Å²) < 4.78 is 0. The normalized spacial score (nSPS) is 15.5. The van der Waals surface area contributed by atoms with Gasteiger partial charge in [-0.3, -0.25) is 4.99 Å². The average Bonchev–Trinajstić information content (AvgIpc) is 2.74. The van der Waals surface area contributed by atoms with Gasteiger partial charge in [-0.2, -0.15) is 0 Å². The van der Waals surface area contributed by atoms with Crippen molar-refractivity contribution in [3.05, 3.63) is 102 Å². The zero-order valence-electron chi connectivity index (χ0n) is 14.3. The van der Waals surface area contributed by atoms with E-state index in [4.69, 9.17) is 4.99 Å². The molecule has 124 valence electrons. The molecule has 0 amide bonds. The second-order valence-corrected chi connectivity index (χ2v) is 6.57. The maximum absolute atomic E-state index is 4.75. The van der Waals surface area contributed by atoms with E-state index in [1.807, 2.05) is 12.4 Å². The Morgan fingerprint density at radius 1 is 0.692 bits per heavy atom. The molecule has 0 saturated heterocycles. The van der Waals surface area contributed by atoms with E-state index in [0.29, 0.717) is 0 Å². The number of hydrogen-bond acceptors (Lipinski definition) is 2. The SMILES string of the molecule is C1=NC(c2cccc(-c3ccccc3)c2)c2ccc3ccccc3c2N1. The van der Waals surface area contributed by atoms with Crippen LogP contribution < -0.4 is 5.32 Å². The van der Waals surface area contributed by atoms with Gasteiger partial charge in [0, 0.05) is 10.9 Å². The standard InChI is InChI=1S/C24H18N2/c1-2-7-17(8-3-1)19-10-6-11-20(15-19)23-22-14-13-18-9-4-5-12-21(18)24(22)26-16-25-23/h1-16,23H,(H,25,26). The summed E-state index contributed by atoms with van der Waals surface area (Å²) in [6.07, 6.45) is 1.83. The number of aliphatic imine (C=N–C) groups is 1. The van der Waals surface area contributed by atoms with Crippen LogP contribution in [0.3, 0.4) is 0 Å². The molecule has 0 bridgehead atoms. The lowest BCUT2D eigenvalue weighted by Crippen LogP contribution is -2.11. The van der Waals surface area contributed by atoms with Crippen LogP contribution in [0.4, 0.5) is 5.69 Å². The van der Waals surface area contributed by atoms with E-state index in [2.05, 4.69) is 90.2 Å². The predicted molar refractivity (Wildman–Crippen MR) is 110 cm³/mol. The van der Waals surface area contributed by atoms with Crippen molar-refractivity contribution in [1.82, 2.24) is 0 Å². The first-order chi connectivity index (χ1) is 12.9. The molecule has 5 rings (SSSR count). The maximum Gasteiger partial charge on any atom is 0.104 e. The number of hydrogen-bond donors (Lipinski definition) is 1. The third-order valence-corrected chi connectivity index (χ3v) is 5.00. The fraction of sp³-hybridized carbons (Fsp3) is 0.0417. The molecule has 2 nitrogen and oxygen atoms in total. The van der Waals surface area contributed by atoms with Crippen LogP contribution in [-0.2, 0) is 0 Å². The van der Waals surface area contributed by atoms with Gasteiger partial charge in [-0.05, 0) is 28.1 Å². The molecule has 1 atom stereocenters. The Balaban J connectivity index is 1.63. The van der Waals surface area contributed by atoms with Gasteiger partial charge in [0.1, 0.15) is 6.04 Å². The van der Waals surface area contributed by atoms with Crippen LogP contribution in [0.5, 0.6) is 0 Å². The summed E-state index contributed by atoms with van der Waals surface area (Å²) in [4.78, 5) is 4.75. The summed E-state index contributed by atoms with van der Waals surface area (Å²) in [7, 11) is 0. The minimum absolute atomic E-state index is 0.0134. The molecule has 4 aromatic rings. The summed E-state index contributed by atoms with van der Waals surface area (Å²) in [5, 5.41) is 5.84. The zero-order valence-corrected chi connectivity index (χ0v) is 14.3. The third kappa shape index (κ3) is 2.47. The molecule has 1 aliphatic heterocycles. The van der Waals surface area contributed by atoms with Gasteiger partial charge in [0.2, 0.25) is 0 Å². The van der Waals surface area contributed by atoms with E-state index in [0.717, 1.165) is 5.69 Å². The van der Waals surface area contributed by atoms with Crippen molar-refractivity contribution in [2.24, 2.45) is 4.99 Å². The first-order valence-corrected chi connectivity index (χ1v) is 8.85. The number of nitrogens with one attached hydrogen (secondary N) is 1. The third-order valence-electron chi connectivity index (χ3n) is 5.00. The molecule has 0 saturated carbocycles. The Bertz CT molecular complexity index is 1110. The molecule has 1 N–H and O–H groups in total. The van der Waals surface area contributed by atoms with Gasteiger partial charge in [0.05, 0.1) is 12.0 Å². The second kappa shape index (κ2) is 6.16. The van der Waals surface area contributed by atoms with Crippen LogP contribution in [0.1, 0.15) is 17.2 Å². The van der Waals surface area contributed by atoms with E-state index < -0.39 is 0 Å². The average molecular weight is 334 g/mol. The first-order valence-electron chi connectivity index (χ1n) is 8.85. The Labute approximate surface area is 152 Å². The molecule has 1 aliphatic rings. The second-order valence-electron chi connectivity index (χ2n) is 6.57. The molecule has 4 aromatic carbocycles. The Kier molecular flexibility index (Phi) is 3.53. The lowest BCUT2D eigenvalue weighted by molar-refractivity contribution is 0.873. The molecule has 2 heteroatoms. The topological polar surface area (TPSA) is 24.4 Å². The number of benzene rings is 4. The fourth-order valence-corrected chi connectivity index (χ4v) is 3.72. The van der Waals surface area contributed by atoms with Crippen LogP contribution >= 0.6 is 0 Å².